The summed E-state index contributed by atoms with van der Waals surface area (Å²) in [6.07, 6.45) is 8.82. The highest BCUT2D eigenvalue weighted by molar-refractivity contribution is 9.11. The molecule has 1 aromatic heterocycles. The lowest BCUT2D eigenvalue weighted by Crippen LogP contribution is -2.25. The van der Waals surface area contributed by atoms with Gasteiger partial charge in [-0.3, -0.25) is 0 Å². The number of thiophene rings is 1. The quantitative estimate of drug-likeness (QED) is 0.826. The van der Waals surface area contributed by atoms with E-state index in [0.717, 1.165) is 16.6 Å². The van der Waals surface area contributed by atoms with Crippen molar-refractivity contribution >= 4 is 37.3 Å². The largest absolute Gasteiger partial charge is 0.250 e. The average Bonchev–Trinajstić information content (AvgIpc) is 2.78. The second-order valence-electron chi connectivity index (χ2n) is 4.36. The fraction of sp³-hybridized carbons (Fsp3) is 0.500. The first-order valence-electron chi connectivity index (χ1n) is 5.99. The monoisotopic (exact) mass is 349 g/mol. The molecular weight excluding hydrogens is 334 g/mol. The third-order valence-electron chi connectivity index (χ3n) is 2.97. The zero-order valence-electron chi connectivity index (χ0n) is 9.93. The number of sulfonamides is 1. The number of hydrogen-bond acceptors (Lipinski definition) is 3. The minimum absolute atomic E-state index is 0.369. The SMILES string of the molecule is O=S(=O)(NCCC1C=CCCC1)c1ccc(Br)s1. The van der Waals surface area contributed by atoms with Gasteiger partial charge in [-0.15, -0.1) is 11.3 Å². The number of hydrogen-bond donors (Lipinski definition) is 1. The molecule has 1 aromatic rings. The highest BCUT2D eigenvalue weighted by Gasteiger charge is 2.16. The van der Waals surface area contributed by atoms with E-state index in [4.69, 9.17) is 0 Å². The van der Waals surface area contributed by atoms with Crippen LogP contribution >= 0.6 is 27.3 Å². The molecule has 6 heteroatoms. The standard InChI is InChI=1S/C12H16BrNO2S2/c13-11-6-7-12(17-11)18(15,16)14-9-8-10-4-2-1-3-5-10/h2,4,6-7,10,14H,1,3,5,8-9H2. The molecule has 1 N–H and O–H groups in total. The minimum Gasteiger partial charge on any atom is -0.210 e. The number of nitrogens with one attached hydrogen (secondary N) is 1. The first kappa shape index (κ1) is 14.2. The van der Waals surface area contributed by atoms with Crippen LogP contribution in [0.25, 0.3) is 0 Å². The van der Waals surface area contributed by atoms with Crippen LogP contribution in [0, 0.1) is 5.92 Å². The molecule has 1 aliphatic rings. The zero-order chi connectivity index (χ0) is 13.0. The van der Waals surface area contributed by atoms with Crippen molar-refractivity contribution in [1.82, 2.24) is 4.72 Å². The lowest BCUT2D eigenvalue weighted by Gasteiger charge is -2.16. The molecule has 0 fully saturated rings. The molecule has 0 bridgehead atoms. The maximum absolute atomic E-state index is 11.9. The molecule has 2 rings (SSSR count). The summed E-state index contributed by atoms with van der Waals surface area (Å²) >= 11 is 4.51. The predicted octanol–water partition coefficient (Wildman–Crippen LogP) is 3.54. The Bertz CT molecular complexity index is 522. The van der Waals surface area contributed by atoms with Gasteiger partial charge in [-0.1, -0.05) is 12.2 Å². The van der Waals surface area contributed by atoms with Crippen molar-refractivity contribution in [2.45, 2.75) is 29.9 Å². The molecular formula is C12H16BrNO2S2. The smallest absolute Gasteiger partial charge is 0.210 e. The van der Waals surface area contributed by atoms with E-state index in [1.54, 1.807) is 12.1 Å². The van der Waals surface area contributed by atoms with E-state index in [9.17, 15) is 8.42 Å². The van der Waals surface area contributed by atoms with E-state index in [1.165, 1.54) is 24.2 Å². The van der Waals surface area contributed by atoms with E-state index < -0.39 is 10.0 Å². The number of halogens is 1. The normalized spacial score (nSPS) is 20.2. The van der Waals surface area contributed by atoms with Crippen LogP contribution in [0.5, 0.6) is 0 Å². The summed E-state index contributed by atoms with van der Waals surface area (Å²) in [6, 6.07) is 3.38. The van der Waals surface area contributed by atoms with E-state index in [0.29, 0.717) is 16.7 Å². The number of allylic oxidation sites excluding steroid dienone is 2. The second kappa shape index (κ2) is 6.32. The summed E-state index contributed by atoms with van der Waals surface area (Å²) in [6.45, 7) is 0.507. The van der Waals surface area contributed by atoms with Crippen LogP contribution in [0.1, 0.15) is 25.7 Å². The van der Waals surface area contributed by atoms with Gasteiger partial charge in [0, 0.05) is 6.54 Å². The van der Waals surface area contributed by atoms with Crippen LogP contribution in [-0.4, -0.2) is 15.0 Å². The van der Waals surface area contributed by atoms with Crippen LogP contribution in [0.15, 0.2) is 32.3 Å². The predicted molar refractivity (Wildman–Crippen MR) is 78.3 cm³/mol. The van der Waals surface area contributed by atoms with Crippen molar-refractivity contribution in [3.63, 3.8) is 0 Å². The van der Waals surface area contributed by atoms with Gasteiger partial charge in [0.05, 0.1) is 3.79 Å². The van der Waals surface area contributed by atoms with Gasteiger partial charge in [0.15, 0.2) is 0 Å². The zero-order valence-corrected chi connectivity index (χ0v) is 13.2. The topological polar surface area (TPSA) is 46.2 Å². The van der Waals surface area contributed by atoms with Gasteiger partial charge in [0.25, 0.3) is 0 Å². The van der Waals surface area contributed by atoms with Crippen LogP contribution in [-0.2, 0) is 10.0 Å². The molecule has 1 unspecified atom stereocenters. The Balaban J connectivity index is 1.85. The molecule has 3 nitrogen and oxygen atoms in total. The molecule has 1 heterocycles. The summed E-state index contributed by atoms with van der Waals surface area (Å²) in [4.78, 5) is 0. The van der Waals surface area contributed by atoms with Crippen LogP contribution in [0.3, 0.4) is 0 Å². The van der Waals surface area contributed by atoms with Gasteiger partial charge in [-0.2, -0.15) is 0 Å². The van der Waals surface area contributed by atoms with Crippen molar-refractivity contribution in [2.24, 2.45) is 5.92 Å². The van der Waals surface area contributed by atoms with Gasteiger partial charge >= 0.3 is 0 Å². The molecule has 0 saturated carbocycles. The molecule has 1 aliphatic carbocycles. The molecule has 0 spiro atoms. The Hall–Kier alpha value is -0.170. The highest BCUT2D eigenvalue weighted by atomic mass is 79.9. The fourth-order valence-corrected chi connectivity index (χ4v) is 5.12. The van der Waals surface area contributed by atoms with Gasteiger partial charge < -0.3 is 0 Å². The Morgan fingerprint density at radius 3 is 2.89 bits per heavy atom. The molecule has 18 heavy (non-hydrogen) atoms. The lowest BCUT2D eigenvalue weighted by molar-refractivity contribution is 0.499. The number of rotatable bonds is 5. The summed E-state index contributed by atoms with van der Waals surface area (Å²) in [5, 5.41) is 0. The van der Waals surface area contributed by atoms with Crippen molar-refractivity contribution in [3.05, 3.63) is 28.1 Å². The first-order chi connectivity index (χ1) is 8.58. The lowest BCUT2D eigenvalue weighted by atomic mass is 9.93. The summed E-state index contributed by atoms with van der Waals surface area (Å²) in [7, 11) is -3.33. The third-order valence-corrected chi connectivity index (χ3v) is 6.55. The third kappa shape index (κ3) is 3.91. The summed E-state index contributed by atoms with van der Waals surface area (Å²) < 4.78 is 27.8. The Morgan fingerprint density at radius 2 is 2.28 bits per heavy atom. The molecule has 0 amide bonds. The summed E-state index contributed by atoms with van der Waals surface area (Å²) in [5.41, 5.74) is 0. The molecule has 100 valence electrons. The molecule has 0 radical (unpaired) electrons. The molecule has 1 atom stereocenters. The van der Waals surface area contributed by atoms with E-state index in [2.05, 4.69) is 32.8 Å². The van der Waals surface area contributed by atoms with Gasteiger partial charge in [0.2, 0.25) is 10.0 Å². The fourth-order valence-electron chi connectivity index (χ4n) is 2.02. The molecule has 0 aromatic carbocycles. The Labute approximate surface area is 120 Å². The van der Waals surface area contributed by atoms with Gasteiger partial charge in [0.1, 0.15) is 4.21 Å². The van der Waals surface area contributed by atoms with Crippen molar-refractivity contribution in [1.29, 1.82) is 0 Å². The average molecular weight is 350 g/mol. The van der Waals surface area contributed by atoms with Crippen molar-refractivity contribution in [3.8, 4) is 0 Å². The van der Waals surface area contributed by atoms with Gasteiger partial charge in [-0.25, -0.2) is 13.1 Å². The van der Waals surface area contributed by atoms with E-state index >= 15 is 0 Å². The Morgan fingerprint density at radius 1 is 1.44 bits per heavy atom. The summed E-state index contributed by atoms with van der Waals surface area (Å²) in [5.74, 6) is 0.525. The first-order valence-corrected chi connectivity index (χ1v) is 9.09. The van der Waals surface area contributed by atoms with Crippen LogP contribution < -0.4 is 4.72 Å². The van der Waals surface area contributed by atoms with Crippen LogP contribution in [0.2, 0.25) is 0 Å². The van der Waals surface area contributed by atoms with E-state index in [1.807, 2.05) is 0 Å². The highest BCUT2D eigenvalue weighted by Crippen LogP contribution is 2.26. The maximum atomic E-state index is 11.9. The minimum atomic E-state index is -3.33. The molecule has 0 aliphatic heterocycles. The van der Waals surface area contributed by atoms with E-state index in [-0.39, 0.29) is 0 Å². The molecule has 0 saturated heterocycles. The maximum Gasteiger partial charge on any atom is 0.250 e. The van der Waals surface area contributed by atoms with Crippen LogP contribution in [0.4, 0.5) is 0 Å². The van der Waals surface area contributed by atoms with Gasteiger partial charge in [-0.05, 0) is 59.7 Å². The van der Waals surface area contributed by atoms with Crippen molar-refractivity contribution < 1.29 is 8.42 Å². The Kier molecular flexibility index (Phi) is 5.00. The van der Waals surface area contributed by atoms with Crippen molar-refractivity contribution in [2.75, 3.05) is 6.54 Å². The second-order valence-corrected chi connectivity index (χ2v) is 8.82.